The molecule has 19 heavy (non-hydrogen) atoms. The highest BCUT2D eigenvalue weighted by Crippen LogP contribution is 2.32. The normalized spacial score (nSPS) is 11.4. The third-order valence-corrected chi connectivity index (χ3v) is 2.53. The lowest BCUT2D eigenvalue weighted by Crippen LogP contribution is -2.17. The van der Waals surface area contributed by atoms with Crippen LogP contribution >= 0.6 is 11.6 Å². The summed E-state index contributed by atoms with van der Waals surface area (Å²) >= 11 is 5.90. The molecule has 0 radical (unpaired) electrons. The van der Waals surface area contributed by atoms with E-state index in [1.54, 1.807) is 0 Å². The second-order valence-corrected chi connectivity index (χ2v) is 3.88. The van der Waals surface area contributed by atoms with Crippen molar-refractivity contribution < 1.29 is 17.9 Å². The van der Waals surface area contributed by atoms with Crippen molar-refractivity contribution in [2.45, 2.75) is 6.36 Å². The Hall–Kier alpha value is -2.02. The van der Waals surface area contributed by atoms with Gasteiger partial charge in [-0.05, 0) is 12.1 Å². The third-order valence-electron chi connectivity index (χ3n) is 2.16. The maximum atomic E-state index is 12.1. The zero-order valence-corrected chi connectivity index (χ0v) is 10.0. The van der Waals surface area contributed by atoms with E-state index in [9.17, 15) is 13.2 Å². The summed E-state index contributed by atoms with van der Waals surface area (Å²) < 4.78 is 40.2. The van der Waals surface area contributed by atoms with Gasteiger partial charge < -0.3 is 10.5 Å². The monoisotopic (exact) mass is 289 g/mol. The van der Waals surface area contributed by atoms with Gasteiger partial charge in [-0.25, -0.2) is 9.97 Å². The van der Waals surface area contributed by atoms with E-state index in [-0.39, 0.29) is 22.3 Å². The van der Waals surface area contributed by atoms with Gasteiger partial charge in [0.2, 0.25) is 0 Å². The Kier molecular flexibility index (Phi) is 3.48. The van der Waals surface area contributed by atoms with Crippen LogP contribution in [0.1, 0.15) is 0 Å². The number of nitrogens with two attached hydrogens (primary N) is 1. The summed E-state index contributed by atoms with van der Waals surface area (Å²) in [6.45, 7) is 0. The van der Waals surface area contributed by atoms with Crippen LogP contribution in [0.25, 0.3) is 11.3 Å². The van der Waals surface area contributed by atoms with E-state index < -0.39 is 6.36 Å². The smallest absolute Gasteiger partial charge is 0.406 e. The maximum Gasteiger partial charge on any atom is 0.573 e. The Labute approximate surface area is 111 Å². The molecule has 8 heteroatoms. The van der Waals surface area contributed by atoms with Crippen molar-refractivity contribution in [3.8, 4) is 17.0 Å². The number of benzene rings is 1. The Morgan fingerprint density at radius 2 is 1.95 bits per heavy atom. The molecule has 100 valence electrons. The number of alkyl halides is 3. The van der Waals surface area contributed by atoms with Gasteiger partial charge >= 0.3 is 6.36 Å². The molecule has 1 aromatic heterocycles. The van der Waals surface area contributed by atoms with Crippen molar-refractivity contribution >= 4 is 17.4 Å². The number of ether oxygens (including phenoxy) is 1. The van der Waals surface area contributed by atoms with Crippen molar-refractivity contribution in [2.75, 3.05) is 5.73 Å². The Morgan fingerprint density at radius 1 is 1.21 bits per heavy atom. The molecule has 0 aliphatic heterocycles. The molecular weight excluding hydrogens is 283 g/mol. The minimum Gasteiger partial charge on any atom is -0.406 e. The predicted molar refractivity (Wildman–Crippen MR) is 63.6 cm³/mol. The predicted octanol–water partition coefficient (Wildman–Crippen LogP) is 3.28. The molecule has 4 nitrogen and oxygen atoms in total. The second kappa shape index (κ2) is 4.93. The molecule has 0 aliphatic rings. The molecular formula is C11H7ClF3N3O. The molecule has 0 bridgehead atoms. The molecule has 1 aromatic carbocycles. The zero-order valence-electron chi connectivity index (χ0n) is 9.28. The molecule has 2 N–H and O–H groups in total. The van der Waals surface area contributed by atoms with E-state index in [1.165, 1.54) is 30.6 Å². The summed E-state index contributed by atoms with van der Waals surface area (Å²) in [5.41, 5.74) is 6.09. The fourth-order valence-corrected chi connectivity index (χ4v) is 1.63. The van der Waals surface area contributed by atoms with Crippen LogP contribution in [0.5, 0.6) is 5.75 Å². The number of anilines is 1. The van der Waals surface area contributed by atoms with Crippen molar-refractivity contribution in [1.82, 2.24) is 9.97 Å². The molecule has 0 spiro atoms. The maximum absolute atomic E-state index is 12.1. The summed E-state index contributed by atoms with van der Waals surface area (Å²) in [7, 11) is 0. The van der Waals surface area contributed by atoms with Gasteiger partial charge in [-0.2, -0.15) is 0 Å². The Morgan fingerprint density at radius 3 is 2.63 bits per heavy atom. The lowest BCUT2D eigenvalue weighted by Gasteiger charge is -2.10. The number of nitrogens with zero attached hydrogens (tertiary/aromatic N) is 2. The van der Waals surface area contributed by atoms with Gasteiger partial charge in [0.05, 0.1) is 5.69 Å². The number of nitrogen functional groups attached to an aromatic ring is 1. The highest BCUT2D eigenvalue weighted by molar-refractivity contribution is 6.35. The average Bonchev–Trinajstić information content (AvgIpc) is 2.31. The highest BCUT2D eigenvalue weighted by Gasteiger charge is 2.31. The van der Waals surface area contributed by atoms with Gasteiger partial charge in [-0.15, -0.1) is 13.2 Å². The number of rotatable bonds is 2. The van der Waals surface area contributed by atoms with Crippen molar-refractivity contribution in [1.29, 1.82) is 0 Å². The summed E-state index contributed by atoms with van der Waals surface area (Å²) in [5.74, 6) is -0.313. The molecule has 0 fully saturated rings. The molecule has 0 saturated carbocycles. The second-order valence-electron chi connectivity index (χ2n) is 3.50. The van der Waals surface area contributed by atoms with Gasteiger partial charge in [0.25, 0.3) is 0 Å². The van der Waals surface area contributed by atoms with Crippen molar-refractivity contribution in [3.05, 3.63) is 35.6 Å². The van der Waals surface area contributed by atoms with Gasteiger partial charge in [-0.3, -0.25) is 0 Å². The third kappa shape index (κ3) is 3.25. The SMILES string of the molecule is Nc1ncnc(-c2cccc(OC(F)(F)F)c2)c1Cl. The first-order valence-corrected chi connectivity index (χ1v) is 5.37. The van der Waals surface area contributed by atoms with E-state index in [2.05, 4.69) is 14.7 Å². The van der Waals surface area contributed by atoms with E-state index >= 15 is 0 Å². The van der Waals surface area contributed by atoms with Crippen LogP contribution < -0.4 is 10.5 Å². The molecule has 0 unspecified atom stereocenters. The number of hydrogen-bond acceptors (Lipinski definition) is 4. The number of hydrogen-bond donors (Lipinski definition) is 1. The fraction of sp³-hybridized carbons (Fsp3) is 0.0909. The van der Waals surface area contributed by atoms with Gasteiger partial charge in [0.15, 0.2) is 0 Å². The summed E-state index contributed by atoms with van der Waals surface area (Å²) in [5, 5.41) is 0.0756. The Balaban J connectivity index is 2.41. The average molecular weight is 290 g/mol. The fourth-order valence-electron chi connectivity index (χ4n) is 1.43. The van der Waals surface area contributed by atoms with E-state index in [0.29, 0.717) is 5.56 Å². The van der Waals surface area contributed by atoms with Gasteiger partial charge in [0.1, 0.15) is 22.9 Å². The first kappa shape index (κ1) is 13.4. The number of aromatic nitrogens is 2. The standard InChI is InChI=1S/C11H7ClF3N3O/c12-8-9(17-5-18-10(8)16)6-2-1-3-7(4-6)19-11(13,14)15/h1-5H,(H2,16,17,18). The van der Waals surface area contributed by atoms with E-state index in [1.807, 2.05) is 0 Å². The van der Waals surface area contributed by atoms with Crippen LogP contribution in [-0.4, -0.2) is 16.3 Å². The van der Waals surface area contributed by atoms with E-state index in [4.69, 9.17) is 17.3 Å². The molecule has 0 saturated heterocycles. The quantitative estimate of drug-likeness (QED) is 0.921. The molecule has 0 atom stereocenters. The minimum absolute atomic E-state index is 0.0498. The largest absolute Gasteiger partial charge is 0.573 e. The topological polar surface area (TPSA) is 61.0 Å². The molecule has 2 rings (SSSR count). The van der Waals surface area contributed by atoms with E-state index in [0.717, 1.165) is 0 Å². The lowest BCUT2D eigenvalue weighted by atomic mass is 10.1. The minimum atomic E-state index is -4.76. The van der Waals surface area contributed by atoms with Crippen LogP contribution in [0, 0.1) is 0 Å². The molecule has 0 amide bonds. The van der Waals surface area contributed by atoms with Crippen LogP contribution in [-0.2, 0) is 0 Å². The van der Waals surface area contributed by atoms with Gasteiger partial charge in [0, 0.05) is 5.56 Å². The molecule has 1 heterocycles. The van der Waals surface area contributed by atoms with Crippen molar-refractivity contribution in [3.63, 3.8) is 0 Å². The summed E-state index contributed by atoms with van der Waals surface area (Å²) in [6, 6.07) is 5.28. The number of halogens is 4. The molecule has 2 aromatic rings. The van der Waals surface area contributed by atoms with Gasteiger partial charge in [-0.1, -0.05) is 23.7 Å². The summed E-state index contributed by atoms with van der Waals surface area (Å²) in [6.07, 6.45) is -3.58. The molecule has 0 aliphatic carbocycles. The van der Waals surface area contributed by atoms with Crippen LogP contribution in [0.2, 0.25) is 5.02 Å². The summed E-state index contributed by atoms with van der Waals surface area (Å²) in [4.78, 5) is 7.56. The van der Waals surface area contributed by atoms with Crippen LogP contribution in [0.4, 0.5) is 19.0 Å². The Bertz CT molecular complexity index is 604. The highest BCUT2D eigenvalue weighted by atomic mass is 35.5. The van der Waals surface area contributed by atoms with Crippen LogP contribution in [0.15, 0.2) is 30.6 Å². The lowest BCUT2D eigenvalue weighted by molar-refractivity contribution is -0.274. The zero-order chi connectivity index (χ0) is 14.0. The first-order valence-electron chi connectivity index (χ1n) is 4.99. The first-order chi connectivity index (χ1) is 8.87. The van der Waals surface area contributed by atoms with Crippen LogP contribution in [0.3, 0.4) is 0 Å². The van der Waals surface area contributed by atoms with Crippen molar-refractivity contribution in [2.24, 2.45) is 0 Å².